The molecule has 0 aliphatic rings. The van der Waals surface area contributed by atoms with Crippen molar-refractivity contribution >= 4 is 5.97 Å². The molecule has 2 aromatic rings. The third kappa shape index (κ3) is 4.07. The summed E-state index contributed by atoms with van der Waals surface area (Å²) in [6.45, 7) is 2.92. The molecule has 0 bridgehead atoms. The molecule has 0 fully saturated rings. The van der Waals surface area contributed by atoms with Crippen LogP contribution in [0.1, 0.15) is 29.5 Å². The van der Waals surface area contributed by atoms with E-state index < -0.39 is 11.9 Å². The lowest BCUT2D eigenvalue weighted by atomic mass is 10.00. The summed E-state index contributed by atoms with van der Waals surface area (Å²) in [6.07, 6.45) is 0. The molecule has 0 saturated heterocycles. The van der Waals surface area contributed by atoms with Crippen LogP contribution in [-0.4, -0.2) is 16.2 Å². The zero-order chi connectivity index (χ0) is 15.2. The minimum absolute atomic E-state index is 0.288. The molecular formula is C17H19NO3. The van der Waals surface area contributed by atoms with Crippen molar-refractivity contribution in [1.82, 2.24) is 5.32 Å². The number of carbonyl (C=O) groups is 1. The van der Waals surface area contributed by atoms with Gasteiger partial charge in [0.1, 0.15) is 5.75 Å². The average molecular weight is 285 g/mol. The highest BCUT2D eigenvalue weighted by Crippen LogP contribution is 2.17. The van der Waals surface area contributed by atoms with Crippen LogP contribution in [-0.2, 0) is 17.9 Å². The van der Waals surface area contributed by atoms with Gasteiger partial charge in [-0.25, -0.2) is 0 Å². The van der Waals surface area contributed by atoms with E-state index in [0.717, 1.165) is 16.7 Å². The van der Waals surface area contributed by atoms with Crippen LogP contribution in [0.4, 0.5) is 0 Å². The van der Waals surface area contributed by atoms with Crippen LogP contribution in [0.15, 0.2) is 48.5 Å². The molecule has 4 nitrogen and oxygen atoms in total. The molecule has 0 aliphatic carbocycles. The Balaban J connectivity index is 1.90. The summed E-state index contributed by atoms with van der Waals surface area (Å²) >= 11 is 0. The summed E-state index contributed by atoms with van der Waals surface area (Å²) in [5.74, 6) is -1.02. The van der Waals surface area contributed by atoms with E-state index in [2.05, 4.69) is 5.32 Å². The first-order chi connectivity index (χ1) is 10.1. The predicted octanol–water partition coefficient (Wildman–Crippen LogP) is 2.87. The maximum absolute atomic E-state index is 10.9. The molecule has 0 saturated carbocycles. The van der Waals surface area contributed by atoms with Crippen LogP contribution in [0.3, 0.4) is 0 Å². The number of aliphatic carboxylic acids is 1. The Labute approximate surface area is 124 Å². The maximum atomic E-state index is 10.9. The zero-order valence-corrected chi connectivity index (χ0v) is 11.9. The van der Waals surface area contributed by atoms with Crippen molar-refractivity contribution in [2.75, 3.05) is 0 Å². The summed E-state index contributed by atoms with van der Waals surface area (Å²) < 4.78 is 0. The van der Waals surface area contributed by atoms with Crippen LogP contribution in [0.5, 0.6) is 5.75 Å². The van der Waals surface area contributed by atoms with E-state index in [1.807, 2.05) is 36.4 Å². The van der Waals surface area contributed by atoms with Gasteiger partial charge < -0.3 is 15.5 Å². The van der Waals surface area contributed by atoms with Crippen molar-refractivity contribution in [2.45, 2.75) is 25.9 Å². The highest BCUT2D eigenvalue weighted by Gasteiger charge is 2.12. The fraction of sp³-hybridized carbons (Fsp3) is 0.235. The second-order valence-electron chi connectivity index (χ2n) is 5.03. The minimum atomic E-state index is -0.819. The minimum Gasteiger partial charge on any atom is -0.508 e. The van der Waals surface area contributed by atoms with E-state index in [9.17, 15) is 9.90 Å². The van der Waals surface area contributed by atoms with Crippen LogP contribution in [0, 0.1) is 0 Å². The van der Waals surface area contributed by atoms with Gasteiger partial charge in [0.2, 0.25) is 0 Å². The number of aromatic hydroxyl groups is 1. The number of nitrogens with one attached hydrogen (secondary N) is 1. The van der Waals surface area contributed by atoms with Gasteiger partial charge in [-0.3, -0.25) is 4.79 Å². The number of carboxylic acids is 1. The second-order valence-corrected chi connectivity index (χ2v) is 5.03. The number of hydrogen-bond donors (Lipinski definition) is 3. The molecule has 2 rings (SSSR count). The van der Waals surface area contributed by atoms with Gasteiger partial charge in [0.25, 0.3) is 0 Å². The van der Waals surface area contributed by atoms with Gasteiger partial charge in [0.15, 0.2) is 0 Å². The Morgan fingerprint density at radius 2 is 1.76 bits per heavy atom. The summed E-state index contributed by atoms with van der Waals surface area (Å²) in [6, 6.07) is 14.8. The molecule has 2 aromatic carbocycles. The normalized spacial score (nSPS) is 12.0. The predicted molar refractivity (Wildman–Crippen MR) is 81.1 cm³/mol. The first kappa shape index (κ1) is 15.1. The van der Waals surface area contributed by atoms with E-state index in [1.165, 1.54) is 0 Å². The molecule has 21 heavy (non-hydrogen) atoms. The number of benzene rings is 2. The molecule has 0 heterocycles. The van der Waals surface area contributed by atoms with E-state index in [-0.39, 0.29) is 5.75 Å². The standard InChI is InChI=1S/C17H19NO3/c1-12(17(20)21)14-8-6-13(7-9-14)10-18-11-15-4-2-3-5-16(15)19/h2-9,12,18-19H,10-11H2,1H3,(H,20,21). The third-order valence-corrected chi connectivity index (χ3v) is 3.49. The fourth-order valence-electron chi connectivity index (χ4n) is 2.07. The Hall–Kier alpha value is -2.33. The monoisotopic (exact) mass is 285 g/mol. The maximum Gasteiger partial charge on any atom is 0.310 e. The van der Waals surface area contributed by atoms with Gasteiger partial charge in [-0.1, -0.05) is 42.5 Å². The lowest BCUT2D eigenvalue weighted by Gasteiger charge is -2.09. The van der Waals surface area contributed by atoms with Gasteiger partial charge >= 0.3 is 5.97 Å². The molecule has 110 valence electrons. The van der Waals surface area contributed by atoms with E-state index in [1.54, 1.807) is 19.1 Å². The molecular weight excluding hydrogens is 266 g/mol. The van der Waals surface area contributed by atoms with E-state index >= 15 is 0 Å². The molecule has 3 N–H and O–H groups in total. The van der Waals surface area contributed by atoms with Gasteiger partial charge in [0, 0.05) is 18.7 Å². The van der Waals surface area contributed by atoms with E-state index in [0.29, 0.717) is 13.1 Å². The Morgan fingerprint density at radius 3 is 2.38 bits per heavy atom. The number of hydrogen-bond acceptors (Lipinski definition) is 3. The summed E-state index contributed by atoms with van der Waals surface area (Å²) in [5, 5.41) is 21.9. The second kappa shape index (κ2) is 6.90. The molecule has 0 aliphatic heterocycles. The average Bonchev–Trinajstić information content (AvgIpc) is 2.49. The van der Waals surface area contributed by atoms with Crippen molar-refractivity contribution in [3.63, 3.8) is 0 Å². The summed E-state index contributed by atoms with van der Waals surface area (Å²) in [7, 11) is 0. The Kier molecular flexibility index (Phi) is 4.95. The highest BCUT2D eigenvalue weighted by atomic mass is 16.4. The Bertz CT molecular complexity index is 608. The largest absolute Gasteiger partial charge is 0.508 e. The number of rotatable bonds is 6. The van der Waals surface area contributed by atoms with Crippen molar-refractivity contribution in [3.05, 3.63) is 65.2 Å². The smallest absolute Gasteiger partial charge is 0.310 e. The lowest BCUT2D eigenvalue weighted by Crippen LogP contribution is -2.13. The molecule has 0 spiro atoms. The van der Waals surface area contributed by atoms with E-state index in [4.69, 9.17) is 5.11 Å². The van der Waals surface area contributed by atoms with Crippen molar-refractivity contribution in [3.8, 4) is 5.75 Å². The van der Waals surface area contributed by atoms with Crippen LogP contribution in [0.25, 0.3) is 0 Å². The van der Waals surface area contributed by atoms with Gasteiger partial charge in [0.05, 0.1) is 5.92 Å². The molecule has 0 amide bonds. The number of carboxylic acid groups (broad SMARTS) is 1. The first-order valence-corrected chi connectivity index (χ1v) is 6.87. The quantitative estimate of drug-likeness (QED) is 0.763. The molecule has 0 aromatic heterocycles. The molecule has 0 radical (unpaired) electrons. The van der Waals surface area contributed by atoms with Gasteiger partial charge in [-0.05, 0) is 24.1 Å². The highest BCUT2D eigenvalue weighted by molar-refractivity contribution is 5.75. The zero-order valence-electron chi connectivity index (χ0n) is 11.9. The SMILES string of the molecule is CC(C(=O)O)c1ccc(CNCc2ccccc2O)cc1. The third-order valence-electron chi connectivity index (χ3n) is 3.49. The van der Waals surface area contributed by atoms with Crippen molar-refractivity contribution < 1.29 is 15.0 Å². The van der Waals surface area contributed by atoms with Gasteiger partial charge in [-0.15, -0.1) is 0 Å². The Morgan fingerprint density at radius 1 is 1.10 bits per heavy atom. The number of para-hydroxylation sites is 1. The van der Waals surface area contributed by atoms with Gasteiger partial charge in [-0.2, -0.15) is 0 Å². The number of phenols is 1. The first-order valence-electron chi connectivity index (χ1n) is 6.87. The van der Waals surface area contributed by atoms with Crippen molar-refractivity contribution in [1.29, 1.82) is 0 Å². The van der Waals surface area contributed by atoms with Crippen LogP contribution >= 0.6 is 0 Å². The summed E-state index contributed by atoms with van der Waals surface area (Å²) in [5.41, 5.74) is 2.73. The molecule has 1 atom stereocenters. The number of phenolic OH excluding ortho intramolecular Hbond substituents is 1. The van der Waals surface area contributed by atoms with Crippen LogP contribution < -0.4 is 5.32 Å². The lowest BCUT2D eigenvalue weighted by molar-refractivity contribution is -0.138. The van der Waals surface area contributed by atoms with Crippen molar-refractivity contribution in [2.24, 2.45) is 0 Å². The summed E-state index contributed by atoms with van der Waals surface area (Å²) in [4.78, 5) is 10.9. The topological polar surface area (TPSA) is 69.6 Å². The molecule has 1 unspecified atom stereocenters. The van der Waals surface area contributed by atoms with Crippen LogP contribution in [0.2, 0.25) is 0 Å². The fourth-order valence-corrected chi connectivity index (χ4v) is 2.07. The molecule has 4 heteroatoms.